The molecule has 0 radical (unpaired) electrons. The Kier molecular flexibility index (Phi) is 6.71. The number of unbranched alkanes of at least 4 members (excludes halogenated alkanes) is 2. The maximum atomic E-state index is 5.85. The Balaban J connectivity index is 1.96. The van der Waals surface area contributed by atoms with Crippen molar-refractivity contribution in [3.8, 4) is 5.75 Å². The second-order valence-corrected chi connectivity index (χ2v) is 6.27. The summed E-state index contributed by atoms with van der Waals surface area (Å²) in [5.41, 5.74) is 2.89. The van der Waals surface area contributed by atoms with Crippen molar-refractivity contribution in [3.63, 3.8) is 0 Å². The Labute approximate surface area is 131 Å². The van der Waals surface area contributed by atoms with E-state index >= 15 is 0 Å². The van der Waals surface area contributed by atoms with E-state index in [1.54, 1.807) is 0 Å². The van der Waals surface area contributed by atoms with Crippen LogP contribution in [-0.2, 0) is 6.42 Å². The lowest BCUT2D eigenvalue weighted by atomic mass is 10.0. The number of hydrogen-bond donors (Lipinski definition) is 0. The summed E-state index contributed by atoms with van der Waals surface area (Å²) in [6.07, 6.45) is 7.30. The van der Waals surface area contributed by atoms with E-state index in [1.807, 2.05) is 0 Å². The van der Waals surface area contributed by atoms with Gasteiger partial charge in [-0.1, -0.05) is 29.3 Å². The van der Waals surface area contributed by atoms with Crippen LogP contribution in [0.25, 0.3) is 0 Å². The van der Waals surface area contributed by atoms with Gasteiger partial charge >= 0.3 is 0 Å². The van der Waals surface area contributed by atoms with E-state index in [9.17, 15) is 0 Å². The number of fused-ring (bicyclic) bond motifs is 1. The van der Waals surface area contributed by atoms with Gasteiger partial charge in [-0.25, -0.2) is 0 Å². The van der Waals surface area contributed by atoms with Gasteiger partial charge in [0.05, 0.1) is 6.61 Å². The van der Waals surface area contributed by atoms with E-state index in [4.69, 9.17) is 4.74 Å². The first kappa shape index (κ1) is 15.7. The van der Waals surface area contributed by atoms with Crippen LogP contribution in [0.1, 0.15) is 44.6 Å². The molecule has 0 atom stereocenters. The molecule has 2 rings (SSSR count). The van der Waals surface area contributed by atoms with Gasteiger partial charge < -0.3 is 9.64 Å². The molecule has 1 heterocycles. The number of aryl methyl sites for hydroxylation is 1. The number of alkyl halides is 1. The van der Waals surface area contributed by atoms with Crippen LogP contribution in [0, 0.1) is 0 Å². The molecule has 0 amide bonds. The highest BCUT2D eigenvalue weighted by Gasteiger charge is 2.16. The van der Waals surface area contributed by atoms with Gasteiger partial charge in [-0.05, 0) is 55.9 Å². The minimum atomic E-state index is 0.823. The van der Waals surface area contributed by atoms with Gasteiger partial charge in [-0.3, -0.25) is 0 Å². The van der Waals surface area contributed by atoms with E-state index in [0.29, 0.717) is 0 Å². The van der Waals surface area contributed by atoms with Crippen LogP contribution in [0.3, 0.4) is 0 Å². The number of nitrogens with zero attached hydrogens (tertiary/aromatic N) is 1. The van der Waals surface area contributed by atoms with Crippen molar-refractivity contribution < 1.29 is 4.74 Å². The average molecular weight is 340 g/mol. The molecule has 1 aliphatic heterocycles. The quantitative estimate of drug-likeness (QED) is 0.498. The van der Waals surface area contributed by atoms with E-state index in [-0.39, 0.29) is 0 Å². The molecule has 1 aromatic rings. The van der Waals surface area contributed by atoms with E-state index < -0.39 is 0 Å². The fraction of sp³-hybridized carbons (Fsp3) is 0.647. The number of benzene rings is 1. The van der Waals surface area contributed by atoms with Crippen molar-refractivity contribution in [2.45, 2.75) is 45.4 Å². The third-order valence-corrected chi connectivity index (χ3v) is 4.40. The molecule has 0 unspecified atom stereocenters. The Morgan fingerprint density at radius 1 is 1.25 bits per heavy atom. The Morgan fingerprint density at radius 2 is 2.15 bits per heavy atom. The number of hydrogen-bond acceptors (Lipinski definition) is 2. The van der Waals surface area contributed by atoms with E-state index in [2.05, 4.69) is 46.0 Å². The van der Waals surface area contributed by atoms with Gasteiger partial charge in [0.2, 0.25) is 0 Å². The number of halogens is 1. The standard InChI is InChI=1S/C17H26BrNO/c1-2-3-11-19-12-6-7-15-14-16(8-9-17(15)19)20-13-5-4-10-18/h8-9,14H,2-7,10-13H2,1H3. The Hall–Kier alpha value is -0.700. The predicted molar refractivity (Wildman–Crippen MR) is 90.4 cm³/mol. The lowest BCUT2D eigenvalue weighted by Crippen LogP contribution is -2.30. The zero-order chi connectivity index (χ0) is 14.2. The highest BCUT2D eigenvalue weighted by atomic mass is 79.9. The van der Waals surface area contributed by atoms with Gasteiger partial charge in [-0.15, -0.1) is 0 Å². The molecule has 0 aliphatic carbocycles. The summed E-state index contributed by atoms with van der Waals surface area (Å²) in [6, 6.07) is 6.64. The Morgan fingerprint density at radius 3 is 2.95 bits per heavy atom. The highest BCUT2D eigenvalue weighted by Crippen LogP contribution is 2.30. The van der Waals surface area contributed by atoms with Crippen LogP contribution in [0.4, 0.5) is 5.69 Å². The molecule has 0 saturated heterocycles. The molecule has 0 aromatic heterocycles. The fourth-order valence-electron chi connectivity index (χ4n) is 2.71. The molecule has 20 heavy (non-hydrogen) atoms. The average Bonchev–Trinajstić information content (AvgIpc) is 2.49. The van der Waals surface area contributed by atoms with E-state index in [0.717, 1.165) is 24.1 Å². The van der Waals surface area contributed by atoms with Crippen LogP contribution in [0.5, 0.6) is 5.75 Å². The largest absolute Gasteiger partial charge is 0.494 e. The first-order chi connectivity index (χ1) is 9.85. The molecule has 0 fully saturated rings. The van der Waals surface area contributed by atoms with Crippen LogP contribution < -0.4 is 9.64 Å². The first-order valence-corrected chi connectivity index (χ1v) is 9.04. The van der Waals surface area contributed by atoms with Crippen LogP contribution >= 0.6 is 15.9 Å². The first-order valence-electron chi connectivity index (χ1n) is 7.91. The second kappa shape index (κ2) is 8.56. The molecule has 0 spiro atoms. The summed E-state index contributed by atoms with van der Waals surface area (Å²) in [5, 5.41) is 1.06. The zero-order valence-corrected chi connectivity index (χ0v) is 14.1. The van der Waals surface area contributed by atoms with Gasteiger partial charge in [0, 0.05) is 24.1 Å². The monoisotopic (exact) mass is 339 g/mol. The van der Waals surface area contributed by atoms with Crippen LogP contribution in [-0.4, -0.2) is 25.0 Å². The second-order valence-electron chi connectivity index (χ2n) is 5.48. The summed E-state index contributed by atoms with van der Waals surface area (Å²) in [5.74, 6) is 1.04. The zero-order valence-electron chi connectivity index (χ0n) is 12.5. The smallest absolute Gasteiger partial charge is 0.119 e. The van der Waals surface area contributed by atoms with Gasteiger partial charge in [-0.2, -0.15) is 0 Å². The van der Waals surface area contributed by atoms with Crippen molar-refractivity contribution in [1.82, 2.24) is 0 Å². The van der Waals surface area contributed by atoms with Gasteiger partial charge in [0.15, 0.2) is 0 Å². The van der Waals surface area contributed by atoms with Crippen molar-refractivity contribution >= 4 is 21.6 Å². The summed E-state index contributed by atoms with van der Waals surface area (Å²) in [4.78, 5) is 2.54. The van der Waals surface area contributed by atoms with Crippen molar-refractivity contribution in [1.29, 1.82) is 0 Å². The van der Waals surface area contributed by atoms with Crippen LogP contribution in [0.2, 0.25) is 0 Å². The number of rotatable bonds is 8. The normalized spacial score (nSPS) is 14.2. The van der Waals surface area contributed by atoms with Crippen molar-refractivity contribution in [2.24, 2.45) is 0 Å². The fourth-order valence-corrected chi connectivity index (χ4v) is 3.11. The summed E-state index contributed by atoms with van der Waals surface area (Å²) in [6.45, 7) is 5.48. The van der Waals surface area contributed by atoms with Crippen LogP contribution in [0.15, 0.2) is 18.2 Å². The summed E-state index contributed by atoms with van der Waals surface area (Å²) >= 11 is 3.45. The lowest BCUT2D eigenvalue weighted by Gasteiger charge is -2.31. The molecular weight excluding hydrogens is 314 g/mol. The molecule has 0 bridgehead atoms. The maximum Gasteiger partial charge on any atom is 0.119 e. The molecule has 1 aromatic carbocycles. The predicted octanol–water partition coefficient (Wildman–Crippen LogP) is 4.79. The minimum Gasteiger partial charge on any atom is -0.494 e. The minimum absolute atomic E-state index is 0.823. The number of anilines is 1. The maximum absolute atomic E-state index is 5.85. The third kappa shape index (κ3) is 4.41. The molecule has 112 valence electrons. The van der Waals surface area contributed by atoms with Crippen molar-refractivity contribution in [3.05, 3.63) is 23.8 Å². The molecule has 1 aliphatic rings. The summed E-state index contributed by atoms with van der Waals surface area (Å²) in [7, 11) is 0. The molecule has 0 saturated carbocycles. The molecular formula is C17H26BrNO. The van der Waals surface area contributed by atoms with Gasteiger partial charge in [0.25, 0.3) is 0 Å². The topological polar surface area (TPSA) is 12.5 Å². The van der Waals surface area contributed by atoms with Gasteiger partial charge in [0.1, 0.15) is 5.75 Å². The molecule has 3 heteroatoms. The van der Waals surface area contributed by atoms with Crippen molar-refractivity contribution in [2.75, 3.05) is 29.9 Å². The SMILES string of the molecule is CCCCN1CCCc2cc(OCCCCBr)ccc21. The lowest BCUT2D eigenvalue weighted by molar-refractivity contribution is 0.309. The highest BCUT2D eigenvalue weighted by molar-refractivity contribution is 9.09. The third-order valence-electron chi connectivity index (χ3n) is 3.84. The number of ether oxygens (including phenoxy) is 1. The summed E-state index contributed by atoms with van der Waals surface area (Å²) < 4.78 is 5.85. The molecule has 0 N–H and O–H groups in total. The Bertz CT molecular complexity index is 408. The molecule has 2 nitrogen and oxygen atoms in total. The van der Waals surface area contributed by atoms with E-state index in [1.165, 1.54) is 56.4 Å².